The minimum atomic E-state index is -0.139. The maximum absolute atomic E-state index is 8.79. The number of hydrogen-bond acceptors (Lipinski definition) is 3. The fourth-order valence-electron chi connectivity index (χ4n) is 1.43. The standard InChI is InChI=1S/C7H14O3/c1-5-2-6(3-8)7(4-9)10-5/h5-9H,2-4H2,1H3/t5-,6+,7+/m0/s1. The summed E-state index contributed by atoms with van der Waals surface area (Å²) in [6.45, 7) is 2.10. The number of aliphatic hydroxyl groups excluding tert-OH is 2. The minimum Gasteiger partial charge on any atom is -0.396 e. The number of ether oxygens (including phenoxy) is 1. The Kier molecular flexibility index (Phi) is 2.65. The summed E-state index contributed by atoms with van der Waals surface area (Å²) in [5, 5.41) is 17.5. The van der Waals surface area contributed by atoms with E-state index in [1.807, 2.05) is 6.92 Å². The second-order valence-corrected chi connectivity index (χ2v) is 2.85. The van der Waals surface area contributed by atoms with E-state index in [9.17, 15) is 0 Å². The quantitative estimate of drug-likeness (QED) is 0.565. The first-order valence-corrected chi connectivity index (χ1v) is 3.65. The van der Waals surface area contributed by atoms with Crippen molar-refractivity contribution >= 4 is 0 Å². The molecule has 60 valence electrons. The van der Waals surface area contributed by atoms with Crippen molar-refractivity contribution < 1.29 is 14.9 Å². The topological polar surface area (TPSA) is 49.7 Å². The van der Waals surface area contributed by atoms with E-state index in [-0.39, 0.29) is 31.3 Å². The molecular weight excluding hydrogens is 132 g/mol. The van der Waals surface area contributed by atoms with E-state index in [4.69, 9.17) is 14.9 Å². The first kappa shape index (κ1) is 7.98. The molecule has 0 saturated carbocycles. The Morgan fingerprint density at radius 1 is 1.40 bits per heavy atom. The van der Waals surface area contributed by atoms with E-state index in [0.717, 1.165) is 6.42 Å². The summed E-state index contributed by atoms with van der Waals surface area (Å²) in [7, 11) is 0. The van der Waals surface area contributed by atoms with Gasteiger partial charge in [0.2, 0.25) is 0 Å². The fraction of sp³-hybridized carbons (Fsp3) is 1.00. The van der Waals surface area contributed by atoms with Gasteiger partial charge in [0.05, 0.1) is 18.8 Å². The highest BCUT2D eigenvalue weighted by molar-refractivity contribution is 4.78. The molecule has 3 nitrogen and oxygen atoms in total. The molecule has 2 N–H and O–H groups in total. The SMILES string of the molecule is C[C@H]1C[C@H](CO)[C@@H](CO)O1. The summed E-state index contributed by atoms with van der Waals surface area (Å²) in [4.78, 5) is 0. The van der Waals surface area contributed by atoms with Gasteiger partial charge in [0.1, 0.15) is 0 Å². The van der Waals surface area contributed by atoms with Gasteiger partial charge in [0.25, 0.3) is 0 Å². The average molecular weight is 146 g/mol. The molecule has 0 amide bonds. The van der Waals surface area contributed by atoms with Crippen molar-refractivity contribution in [1.82, 2.24) is 0 Å². The van der Waals surface area contributed by atoms with Gasteiger partial charge in [-0.3, -0.25) is 0 Å². The summed E-state index contributed by atoms with van der Waals surface area (Å²) in [6, 6.07) is 0. The van der Waals surface area contributed by atoms with Crippen LogP contribution in [0.1, 0.15) is 13.3 Å². The lowest BCUT2D eigenvalue weighted by Crippen LogP contribution is -2.22. The first-order valence-electron chi connectivity index (χ1n) is 3.65. The Hall–Kier alpha value is -0.120. The monoisotopic (exact) mass is 146 g/mol. The van der Waals surface area contributed by atoms with Crippen molar-refractivity contribution in [2.24, 2.45) is 5.92 Å². The molecule has 1 aliphatic rings. The van der Waals surface area contributed by atoms with E-state index in [0.29, 0.717) is 0 Å². The molecule has 3 heteroatoms. The van der Waals surface area contributed by atoms with Crippen molar-refractivity contribution in [2.45, 2.75) is 25.6 Å². The van der Waals surface area contributed by atoms with Crippen molar-refractivity contribution in [3.63, 3.8) is 0 Å². The second kappa shape index (κ2) is 3.32. The highest BCUT2D eigenvalue weighted by atomic mass is 16.5. The van der Waals surface area contributed by atoms with Gasteiger partial charge in [-0.05, 0) is 13.3 Å². The lowest BCUT2D eigenvalue weighted by atomic mass is 10.0. The average Bonchev–Trinajstić information content (AvgIpc) is 2.30. The number of rotatable bonds is 2. The van der Waals surface area contributed by atoms with Crippen LogP contribution >= 0.6 is 0 Å². The molecule has 0 aromatic carbocycles. The summed E-state index contributed by atoms with van der Waals surface area (Å²) < 4.78 is 5.30. The van der Waals surface area contributed by atoms with E-state index in [1.165, 1.54) is 0 Å². The molecule has 0 bridgehead atoms. The lowest BCUT2D eigenvalue weighted by molar-refractivity contribution is -0.00108. The van der Waals surface area contributed by atoms with E-state index in [2.05, 4.69) is 0 Å². The van der Waals surface area contributed by atoms with Crippen LogP contribution in [0.2, 0.25) is 0 Å². The molecule has 1 fully saturated rings. The van der Waals surface area contributed by atoms with Crippen molar-refractivity contribution in [2.75, 3.05) is 13.2 Å². The van der Waals surface area contributed by atoms with Crippen LogP contribution in [0.15, 0.2) is 0 Å². The molecule has 0 aromatic heterocycles. The predicted octanol–water partition coefficient (Wildman–Crippen LogP) is -0.235. The highest BCUT2D eigenvalue weighted by Gasteiger charge is 2.31. The molecule has 0 aromatic rings. The van der Waals surface area contributed by atoms with Gasteiger partial charge in [0.15, 0.2) is 0 Å². The van der Waals surface area contributed by atoms with Gasteiger partial charge in [-0.2, -0.15) is 0 Å². The molecular formula is C7H14O3. The Morgan fingerprint density at radius 3 is 2.50 bits per heavy atom. The highest BCUT2D eigenvalue weighted by Crippen LogP contribution is 2.25. The molecule has 0 aliphatic carbocycles. The van der Waals surface area contributed by atoms with Gasteiger partial charge >= 0.3 is 0 Å². The van der Waals surface area contributed by atoms with Gasteiger partial charge in [0, 0.05) is 12.5 Å². The van der Waals surface area contributed by atoms with E-state index < -0.39 is 0 Å². The van der Waals surface area contributed by atoms with Crippen LogP contribution in [0.25, 0.3) is 0 Å². The minimum absolute atomic E-state index is 0.0234. The zero-order valence-corrected chi connectivity index (χ0v) is 6.16. The summed E-state index contributed by atoms with van der Waals surface area (Å²) in [6.07, 6.45) is 0.913. The van der Waals surface area contributed by atoms with Crippen LogP contribution in [0.5, 0.6) is 0 Å². The second-order valence-electron chi connectivity index (χ2n) is 2.85. The molecule has 1 rings (SSSR count). The third-order valence-electron chi connectivity index (χ3n) is 1.98. The molecule has 1 heterocycles. The molecule has 10 heavy (non-hydrogen) atoms. The molecule has 1 saturated heterocycles. The van der Waals surface area contributed by atoms with Crippen LogP contribution in [0, 0.1) is 5.92 Å². The van der Waals surface area contributed by atoms with Crippen molar-refractivity contribution in [3.8, 4) is 0 Å². The Morgan fingerprint density at radius 2 is 2.10 bits per heavy atom. The van der Waals surface area contributed by atoms with Crippen LogP contribution in [0.3, 0.4) is 0 Å². The van der Waals surface area contributed by atoms with Gasteiger partial charge in [-0.25, -0.2) is 0 Å². The van der Waals surface area contributed by atoms with E-state index >= 15 is 0 Å². The molecule has 1 aliphatic heterocycles. The third-order valence-corrected chi connectivity index (χ3v) is 1.98. The smallest absolute Gasteiger partial charge is 0.0860 e. The maximum Gasteiger partial charge on any atom is 0.0860 e. The van der Waals surface area contributed by atoms with Gasteiger partial charge < -0.3 is 14.9 Å². The molecule has 0 unspecified atom stereocenters. The Balaban J connectivity index is 2.41. The molecule has 0 spiro atoms. The number of hydrogen-bond donors (Lipinski definition) is 2. The zero-order chi connectivity index (χ0) is 7.56. The van der Waals surface area contributed by atoms with Crippen LogP contribution in [-0.2, 0) is 4.74 Å². The van der Waals surface area contributed by atoms with Gasteiger partial charge in [-0.1, -0.05) is 0 Å². The maximum atomic E-state index is 8.79. The van der Waals surface area contributed by atoms with Crippen molar-refractivity contribution in [3.05, 3.63) is 0 Å². The summed E-state index contributed by atoms with van der Waals surface area (Å²) in [5.74, 6) is 0.139. The normalized spacial score (nSPS) is 40.5. The van der Waals surface area contributed by atoms with Crippen LogP contribution in [0.4, 0.5) is 0 Å². The molecule has 0 radical (unpaired) electrons. The Bertz CT molecular complexity index is 93.0. The fourth-order valence-corrected chi connectivity index (χ4v) is 1.43. The first-order chi connectivity index (χ1) is 4.77. The number of aliphatic hydroxyl groups is 2. The van der Waals surface area contributed by atoms with Gasteiger partial charge in [-0.15, -0.1) is 0 Å². The summed E-state index contributed by atoms with van der Waals surface area (Å²) in [5.41, 5.74) is 0. The summed E-state index contributed by atoms with van der Waals surface area (Å²) >= 11 is 0. The Labute approximate surface area is 60.6 Å². The predicted molar refractivity (Wildman–Crippen MR) is 36.6 cm³/mol. The van der Waals surface area contributed by atoms with E-state index in [1.54, 1.807) is 0 Å². The lowest BCUT2D eigenvalue weighted by Gasteiger charge is -2.12. The van der Waals surface area contributed by atoms with Crippen molar-refractivity contribution in [1.29, 1.82) is 0 Å². The third kappa shape index (κ3) is 1.48. The molecule has 3 atom stereocenters. The zero-order valence-electron chi connectivity index (χ0n) is 6.16. The largest absolute Gasteiger partial charge is 0.396 e. The van der Waals surface area contributed by atoms with Crippen LogP contribution < -0.4 is 0 Å². The van der Waals surface area contributed by atoms with Crippen LogP contribution in [-0.4, -0.2) is 35.6 Å².